The van der Waals surface area contributed by atoms with E-state index in [-0.39, 0.29) is 23.2 Å². The summed E-state index contributed by atoms with van der Waals surface area (Å²) in [6, 6.07) is 8.97. The minimum Gasteiger partial charge on any atom is -0.465 e. The number of carbonyl (C=O) groups excluding carboxylic acids is 1. The molecule has 0 saturated heterocycles. The number of methoxy groups -OCH3 is 1. The molecular formula is C22H21Cl3O3S. The Balaban J connectivity index is 1.68. The van der Waals surface area contributed by atoms with Crippen LogP contribution in [0.5, 0.6) is 0 Å². The second-order valence-corrected chi connectivity index (χ2v) is 9.50. The Hall–Kier alpha value is -1.30. The second-order valence-electron chi connectivity index (χ2n) is 6.95. The second kappa shape index (κ2) is 10.1. The lowest BCUT2D eigenvalue weighted by Crippen LogP contribution is -2.18. The minimum absolute atomic E-state index is 0.0612. The summed E-state index contributed by atoms with van der Waals surface area (Å²) in [6.45, 7) is 0. The maximum Gasteiger partial charge on any atom is 0.348 e. The van der Waals surface area contributed by atoms with E-state index >= 15 is 0 Å². The lowest BCUT2D eigenvalue weighted by molar-refractivity contribution is 0.0606. The summed E-state index contributed by atoms with van der Waals surface area (Å²) < 4.78 is 4.73. The summed E-state index contributed by atoms with van der Waals surface area (Å²) >= 11 is 20.0. The molecule has 0 aliphatic heterocycles. The van der Waals surface area contributed by atoms with Gasteiger partial charge in [0.05, 0.1) is 13.2 Å². The van der Waals surface area contributed by atoms with Gasteiger partial charge in [-0.25, -0.2) is 4.79 Å². The highest BCUT2D eigenvalue weighted by atomic mass is 35.5. The molecule has 0 radical (unpaired) electrons. The third-order valence-electron chi connectivity index (χ3n) is 4.97. The van der Waals surface area contributed by atoms with E-state index in [1.807, 2.05) is 42.5 Å². The van der Waals surface area contributed by atoms with Crippen LogP contribution in [-0.4, -0.2) is 29.7 Å². The van der Waals surface area contributed by atoms with Crippen LogP contribution in [0.1, 0.15) is 33.0 Å². The van der Waals surface area contributed by atoms with Crippen molar-refractivity contribution in [3.05, 3.63) is 67.8 Å². The first-order valence-corrected chi connectivity index (χ1v) is 11.2. The van der Waals surface area contributed by atoms with Crippen LogP contribution in [0, 0.1) is 11.8 Å². The molecule has 1 aliphatic carbocycles. The van der Waals surface area contributed by atoms with Gasteiger partial charge in [0.25, 0.3) is 0 Å². The number of halogens is 3. The van der Waals surface area contributed by atoms with E-state index in [2.05, 4.69) is 0 Å². The molecule has 0 spiro atoms. The van der Waals surface area contributed by atoms with Gasteiger partial charge in [0, 0.05) is 26.2 Å². The van der Waals surface area contributed by atoms with Crippen molar-refractivity contribution in [2.45, 2.75) is 24.3 Å². The van der Waals surface area contributed by atoms with E-state index in [9.17, 15) is 9.90 Å². The number of ether oxygens (including phenoxy) is 1. The Bertz CT molecular complexity index is 902. The minimum atomic E-state index is -0.491. The van der Waals surface area contributed by atoms with Gasteiger partial charge in [0.1, 0.15) is 4.88 Å². The number of benzene rings is 1. The van der Waals surface area contributed by atoms with E-state index in [1.54, 1.807) is 12.1 Å². The van der Waals surface area contributed by atoms with Gasteiger partial charge in [-0.3, -0.25) is 0 Å². The van der Waals surface area contributed by atoms with E-state index < -0.39 is 6.10 Å². The van der Waals surface area contributed by atoms with Crippen LogP contribution in [0.25, 0.3) is 12.2 Å². The maximum absolute atomic E-state index is 11.6. The lowest BCUT2D eigenvalue weighted by Gasteiger charge is -2.19. The molecule has 1 aromatic heterocycles. The fraction of sp³-hybridized carbons (Fsp3) is 0.318. The number of hydrogen-bond donors (Lipinski definition) is 1. The van der Waals surface area contributed by atoms with Crippen LogP contribution in [0.3, 0.4) is 0 Å². The normalized spacial score (nSPS) is 24.6. The topological polar surface area (TPSA) is 46.5 Å². The zero-order valence-electron chi connectivity index (χ0n) is 15.7. The maximum atomic E-state index is 11.6. The van der Waals surface area contributed by atoms with Crippen molar-refractivity contribution >= 4 is 64.3 Å². The highest BCUT2D eigenvalue weighted by Crippen LogP contribution is 2.40. The number of carbonyl (C=O) groups is 1. The molecule has 3 nitrogen and oxygen atoms in total. The quantitative estimate of drug-likeness (QED) is 0.383. The molecule has 29 heavy (non-hydrogen) atoms. The highest BCUT2D eigenvalue weighted by Gasteiger charge is 2.39. The Kier molecular flexibility index (Phi) is 7.83. The first-order chi connectivity index (χ1) is 13.9. The van der Waals surface area contributed by atoms with Crippen molar-refractivity contribution in [3.8, 4) is 0 Å². The lowest BCUT2D eigenvalue weighted by atomic mass is 9.90. The van der Waals surface area contributed by atoms with Crippen molar-refractivity contribution in [2.75, 3.05) is 7.11 Å². The largest absolute Gasteiger partial charge is 0.465 e. The fourth-order valence-electron chi connectivity index (χ4n) is 3.55. The van der Waals surface area contributed by atoms with Crippen molar-refractivity contribution in [1.82, 2.24) is 0 Å². The molecule has 1 aliphatic rings. The van der Waals surface area contributed by atoms with Crippen LogP contribution in [0.15, 0.2) is 42.5 Å². The number of rotatable bonds is 6. The summed E-state index contributed by atoms with van der Waals surface area (Å²) in [5.74, 6) is -0.288. The van der Waals surface area contributed by atoms with Crippen LogP contribution in [-0.2, 0) is 4.74 Å². The Morgan fingerprint density at radius 2 is 1.97 bits per heavy atom. The number of alkyl halides is 1. The Labute approximate surface area is 189 Å². The van der Waals surface area contributed by atoms with Gasteiger partial charge in [0.15, 0.2) is 0 Å². The third-order valence-corrected chi connectivity index (χ3v) is 6.94. The molecule has 0 unspecified atom stereocenters. The van der Waals surface area contributed by atoms with Gasteiger partial charge in [-0.2, -0.15) is 0 Å². The van der Waals surface area contributed by atoms with Gasteiger partial charge >= 0.3 is 5.97 Å². The zero-order valence-corrected chi connectivity index (χ0v) is 18.8. The Morgan fingerprint density at radius 1 is 1.24 bits per heavy atom. The standard InChI is InChI=1S/C22H21Cl3O3S/c1-28-22(27)21-8-6-16(29-21)3-2-4-17-18(20(26)12-19(17)25)7-5-13-9-14(23)11-15(24)10-13/h2-3,5-11,17-20,26H,4,12H2,1H3/t17-,18-,19-,20-/m1/s1. The molecular weight excluding hydrogens is 451 g/mol. The van der Waals surface area contributed by atoms with Crippen molar-refractivity contribution < 1.29 is 14.6 Å². The molecule has 2 aromatic rings. The third kappa shape index (κ3) is 5.87. The smallest absolute Gasteiger partial charge is 0.348 e. The number of esters is 1. The highest BCUT2D eigenvalue weighted by molar-refractivity contribution is 7.14. The van der Waals surface area contributed by atoms with Gasteiger partial charge in [-0.15, -0.1) is 22.9 Å². The van der Waals surface area contributed by atoms with Gasteiger partial charge in [-0.05, 0) is 60.7 Å². The van der Waals surface area contributed by atoms with Crippen LogP contribution >= 0.6 is 46.1 Å². The molecule has 0 bridgehead atoms. The first kappa shape index (κ1) is 22.4. The van der Waals surface area contributed by atoms with Gasteiger partial charge in [-0.1, -0.05) is 41.4 Å². The van der Waals surface area contributed by atoms with Crippen molar-refractivity contribution in [3.63, 3.8) is 0 Å². The predicted octanol–water partition coefficient (Wildman–Crippen LogP) is 6.56. The van der Waals surface area contributed by atoms with Crippen LogP contribution in [0.4, 0.5) is 0 Å². The fourth-order valence-corrected chi connectivity index (χ4v) is 5.41. The van der Waals surface area contributed by atoms with Crippen molar-refractivity contribution in [2.24, 2.45) is 11.8 Å². The molecule has 3 rings (SSSR count). The van der Waals surface area contributed by atoms with Crippen molar-refractivity contribution in [1.29, 1.82) is 0 Å². The SMILES string of the molecule is COC(=O)c1ccc(C=CC[C@@H]2[C@@H](C=Cc3cc(Cl)cc(Cl)c3)[C@H](O)C[C@H]2Cl)s1. The predicted molar refractivity (Wildman–Crippen MR) is 122 cm³/mol. The summed E-state index contributed by atoms with van der Waals surface area (Å²) in [6.07, 6.45) is 8.73. The monoisotopic (exact) mass is 470 g/mol. The van der Waals surface area contributed by atoms with Gasteiger partial charge < -0.3 is 9.84 Å². The number of thiophene rings is 1. The number of aliphatic hydroxyl groups excluding tert-OH is 1. The van der Waals surface area contributed by atoms with E-state index in [1.165, 1.54) is 18.4 Å². The molecule has 1 saturated carbocycles. The van der Waals surface area contributed by atoms with Gasteiger partial charge in [0.2, 0.25) is 0 Å². The molecule has 0 amide bonds. The zero-order chi connectivity index (χ0) is 21.0. The molecule has 1 heterocycles. The molecule has 1 fully saturated rings. The van der Waals surface area contributed by atoms with E-state index in [0.717, 1.165) is 16.9 Å². The summed E-state index contributed by atoms with van der Waals surface area (Å²) in [5.41, 5.74) is 0.885. The Morgan fingerprint density at radius 3 is 2.66 bits per heavy atom. The van der Waals surface area contributed by atoms with E-state index in [0.29, 0.717) is 21.3 Å². The first-order valence-electron chi connectivity index (χ1n) is 9.18. The average molecular weight is 472 g/mol. The molecule has 1 N–H and O–H groups in total. The summed E-state index contributed by atoms with van der Waals surface area (Å²) in [4.78, 5) is 13.1. The number of aliphatic hydroxyl groups is 1. The van der Waals surface area contributed by atoms with E-state index in [4.69, 9.17) is 39.5 Å². The number of allylic oxidation sites excluding steroid dienone is 1. The van der Waals surface area contributed by atoms with Crippen LogP contribution < -0.4 is 0 Å². The molecule has 1 aromatic carbocycles. The molecule has 154 valence electrons. The number of hydrogen-bond acceptors (Lipinski definition) is 4. The molecule has 4 atom stereocenters. The van der Waals surface area contributed by atoms with Crippen LogP contribution in [0.2, 0.25) is 10.0 Å². The summed E-state index contributed by atoms with van der Waals surface area (Å²) in [5, 5.41) is 11.5. The average Bonchev–Trinajstić information content (AvgIpc) is 3.23. The molecule has 7 heteroatoms. The summed E-state index contributed by atoms with van der Waals surface area (Å²) in [7, 11) is 1.37.